The maximum Gasteiger partial charge on any atom is 0.227 e. The number of anilines is 1. The summed E-state index contributed by atoms with van der Waals surface area (Å²) in [5.41, 5.74) is 1.20. The zero-order valence-corrected chi connectivity index (χ0v) is 17.1. The van der Waals surface area contributed by atoms with Gasteiger partial charge >= 0.3 is 0 Å². The molecule has 0 spiro atoms. The van der Waals surface area contributed by atoms with Crippen LogP contribution in [0.15, 0.2) is 70.1 Å². The van der Waals surface area contributed by atoms with E-state index in [9.17, 15) is 9.18 Å². The van der Waals surface area contributed by atoms with Crippen molar-refractivity contribution in [3.8, 4) is 5.75 Å². The number of piperazine rings is 1. The van der Waals surface area contributed by atoms with Gasteiger partial charge in [0.1, 0.15) is 24.4 Å². The Kier molecular flexibility index (Phi) is 6.35. The topological polar surface area (TPSA) is 45.9 Å². The highest BCUT2D eigenvalue weighted by atomic mass is 35.5. The largest absolute Gasteiger partial charge is 0.482 e. The van der Waals surface area contributed by atoms with Crippen LogP contribution in [0.25, 0.3) is 0 Å². The van der Waals surface area contributed by atoms with Crippen molar-refractivity contribution in [2.24, 2.45) is 0 Å². The van der Waals surface area contributed by atoms with Gasteiger partial charge in [0, 0.05) is 42.8 Å². The highest BCUT2D eigenvalue weighted by molar-refractivity contribution is 6.31. The Morgan fingerprint density at radius 1 is 1.03 bits per heavy atom. The normalized spacial score (nSPS) is 14.7. The third-order valence-corrected chi connectivity index (χ3v) is 5.51. The Morgan fingerprint density at radius 3 is 2.50 bits per heavy atom. The minimum atomic E-state index is -0.228. The Morgan fingerprint density at radius 2 is 1.77 bits per heavy atom. The van der Waals surface area contributed by atoms with Crippen LogP contribution in [0.5, 0.6) is 5.75 Å². The quantitative estimate of drug-likeness (QED) is 0.584. The first kappa shape index (κ1) is 20.4. The summed E-state index contributed by atoms with van der Waals surface area (Å²) in [6, 6.07) is 15.6. The third-order valence-electron chi connectivity index (χ3n) is 5.14. The van der Waals surface area contributed by atoms with Crippen molar-refractivity contribution in [1.82, 2.24) is 4.90 Å². The van der Waals surface area contributed by atoms with Crippen molar-refractivity contribution in [3.63, 3.8) is 0 Å². The Labute approximate surface area is 179 Å². The average molecular weight is 429 g/mol. The lowest BCUT2D eigenvalue weighted by Gasteiger charge is -2.35. The zero-order valence-electron chi connectivity index (χ0n) is 16.4. The van der Waals surface area contributed by atoms with E-state index in [2.05, 4.69) is 4.90 Å². The SMILES string of the molecule is O=c1cc(CN2CCN(c3ccccc3F)CC2)occ1OCc1ccccc1Cl. The smallest absolute Gasteiger partial charge is 0.227 e. The summed E-state index contributed by atoms with van der Waals surface area (Å²) in [6.45, 7) is 3.65. The number of para-hydroxylation sites is 1. The summed E-state index contributed by atoms with van der Waals surface area (Å²) < 4.78 is 25.2. The van der Waals surface area contributed by atoms with Gasteiger partial charge in [-0.15, -0.1) is 0 Å². The monoisotopic (exact) mass is 428 g/mol. The molecule has 3 aromatic rings. The van der Waals surface area contributed by atoms with E-state index in [1.165, 1.54) is 18.4 Å². The predicted molar refractivity (Wildman–Crippen MR) is 115 cm³/mol. The van der Waals surface area contributed by atoms with Crippen LogP contribution in [0.3, 0.4) is 0 Å². The molecule has 0 unspecified atom stereocenters. The van der Waals surface area contributed by atoms with Crippen LogP contribution < -0.4 is 15.1 Å². The summed E-state index contributed by atoms with van der Waals surface area (Å²) in [7, 11) is 0. The van der Waals surface area contributed by atoms with Gasteiger partial charge < -0.3 is 14.1 Å². The molecule has 2 heterocycles. The molecule has 30 heavy (non-hydrogen) atoms. The highest BCUT2D eigenvalue weighted by Crippen LogP contribution is 2.21. The molecule has 0 amide bonds. The molecule has 1 fully saturated rings. The van der Waals surface area contributed by atoms with Crippen molar-refractivity contribution in [3.05, 3.63) is 93.2 Å². The van der Waals surface area contributed by atoms with Gasteiger partial charge in [0.05, 0.1) is 12.2 Å². The van der Waals surface area contributed by atoms with Gasteiger partial charge in [-0.2, -0.15) is 0 Å². The molecule has 0 radical (unpaired) electrons. The number of hydrogen-bond acceptors (Lipinski definition) is 5. The van der Waals surface area contributed by atoms with Crippen molar-refractivity contribution in [2.75, 3.05) is 31.1 Å². The molecule has 1 saturated heterocycles. The molecule has 156 valence electrons. The molecule has 0 N–H and O–H groups in total. The maximum absolute atomic E-state index is 14.0. The fourth-order valence-electron chi connectivity index (χ4n) is 3.47. The first-order chi connectivity index (χ1) is 14.6. The Balaban J connectivity index is 1.32. The second-order valence-electron chi connectivity index (χ2n) is 7.17. The number of halogens is 2. The molecule has 5 nitrogen and oxygen atoms in total. The van der Waals surface area contributed by atoms with Crippen LogP contribution in [-0.4, -0.2) is 31.1 Å². The van der Waals surface area contributed by atoms with Crippen LogP contribution in [0.2, 0.25) is 5.02 Å². The van der Waals surface area contributed by atoms with E-state index in [1.54, 1.807) is 18.2 Å². The highest BCUT2D eigenvalue weighted by Gasteiger charge is 2.20. The number of ether oxygens (including phenoxy) is 1. The standard InChI is InChI=1S/C23H22ClFN2O3/c24-19-6-2-1-5-17(19)15-30-23-16-29-18(13-22(23)28)14-26-9-11-27(12-10-26)21-8-4-3-7-20(21)25/h1-8,13,16H,9-12,14-15H2. The number of benzene rings is 2. The molecule has 1 aliphatic rings. The number of hydrogen-bond donors (Lipinski definition) is 0. The van der Waals surface area contributed by atoms with Gasteiger partial charge in [-0.3, -0.25) is 9.69 Å². The third kappa shape index (κ3) is 4.83. The van der Waals surface area contributed by atoms with E-state index >= 15 is 0 Å². The molecular formula is C23H22ClFN2O3. The lowest BCUT2D eigenvalue weighted by Crippen LogP contribution is -2.46. The molecule has 0 atom stereocenters. The van der Waals surface area contributed by atoms with E-state index in [-0.39, 0.29) is 23.6 Å². The van der Waals surface area contributed by atoms with E-state index in [4.69, 9.17) is 20.8 Å². The summed E-state index contributed by atoms with van der Waals surface area (Å²) in [4.78, 5) is 16.6. The van der Waals surface area contributed by atoms with Crippen molar-refractivity contribution in [2.45, 2.75) is 13.2 Å². The van der Waals surface area contributed by atoms with Crippen LogP contribution in [0.1, 0.15) is 11.3 Å². The number of rotatable bonds is 6. The second kappa shape index (κ2) is 9.32. The van der Waals surface area contributed by atoms with E-state index in [0.29, 0.717) is 36.1 Å². The first-order valence-corrected chi connectivity index (χ1v) is 10.2. The van der Waals surface area contributed by atoms with Crippen molar-refractivity contribution >= 4 is 17.3 Å². The van der Waals surface area contributed by atoms with Crippen LogP contribution in [0.4, 0.5) is 10.1 Å². The number of nitrogens with zero attached hydrogens (tertiary/aromatic N) is 2. The summed E-state index contributed by atoms with van der Waals surface area (Å²) in [6.07, 6.45) is 1.35. The Hall–Kier alpha value is -2.83. The average Bonchev–Trinajstić information content (AvgIpc) is 2.75. The Bertz CT molecular complexity index is 1060. The molecule has 0 saturated carbocycles. The fourth-order valence-corrected chi connectivity index (χ4v) is 3.66. The van der Waals surface area contributed by atoms with Gasteiger partial charge in [0.25, 0.3) is 0 Å². The fraction of sp³-hybridized carbons (Fsp3) is 0.261. The van der Waals surface area contributed by atoms with E-state index < -0.39 is 0 Å². The molecule has 1 aromatic heterocycles. The predicted octanol–water partition coefficient (Wildman–Crippen LogP) is 4.33. The molecular weight excluding hydrogens is 407 g/mol. The lowest BCUT2D eigenvalue weighted by molar-refractivity contribution is 0.224. The van der Waals surface area contributed by atoms with Gasteiger partial charge in [0.2, 0.25) is 11.2 Å². The first-order valence-electron chi connectivity index (χ1n) is 9.80. The van der Waals surface area contributed by atoms with E-state index in [0.717, 1.165) is 18.7 Å². The van der Waals surface area contributed by atoms with Crippen LogP contribution in [0, 0.1) is 5.82 Å². The van der Waals surface area contributed by atoms with Crippen LogP contribution >= 0.6 is 11.6 Å². The molecule has 2 aromatic carbocycles. The molecule has 4 rings (SSSR count). The minimum absolute atomic E-state index is 0.156. The lowest BCUT2D eigenvalue weighted by atomic mass is 10.2. The van der Waals surface area contributed by atoms with Gasteiger partial charge in [-0.1, -0.05) is 41.9 Å². The maximum atomic E-state index is 14.0. The summed E-state index contributed by atoms with van der Waals surface area (Å²) in [5.74, 6) is 0.525. The summed E-state index contributed by atoms with van der Waals surface area (Å²) >= 11 is 6.11. The van der Waals surface area contributed by atoms with Crippen LogP contribution in [-0.2, 0) is 13.2 Å². The van der Waals surface area contributed by atoms with Crippen molar-refractivity contribution in [1.29, 1.82) is 0 Å². The van der Waals surface area contributed by atoms with Gasteiger partial charge in [0.15, 0.2) is 0 Å². The van der Waals surface area contributed by atoms with Gasteiger partial charge in [-0.05, 0) is 18.2 Å². The van der Waals surface area contributed by atoms with Crippen molar-refractivity contribution < 1.29 is 13.5 Å². The molecule has 1 aliphatic heterocycles. The minimum Gasteiger partial charge on any atom is -0.482 e. The molecule has 7 heteroatoms. The van der Waals surface area contributed by atoms with E-state index in [1.807, 2.05) is 29.2 Å². The summed E-state index contributed by atoms with van der Waals surface area (Å²) in [5, 5.41) is 0.591. The molecule has 0 bridgehead atoms. The van der Waals surface area contributed by atoms with Gasteiger partial charge in [-0.25, -0.2) is 4.39 Å². The second-order valence-corrected chi connectivity index (χ2v) is 7.58. The molecule has 0 aliphatic carbocycles. The zero-order chi connectivity index (χ0) is 20.9.